The Balaban J connectivity index is 1.62. The summed E-state index contributed by atoms with van der Waals surface area (Å²) in [6.07, 6.45) is 3.58. The molecule has 1 aromatic carbocycles. The first-order valence-electron chi connectivity index (χ1n) is 9.18. The lowest BCUT2D eigenvalue weighted by Crippen LogP contribution is -2.33. The Morgan fingerprint density at radius 1 is 1.11 bits per heavy atom. The van der Waals surface area contributed by atoms with Gasteiger partial charge < -0.3 is 10.2 Å². The van der Waals surface area contributed by atoms with E-state index < -0.39 is 0 Å². The molecule has 28 heavy (non-hydrogen) atoms. The lowest BCUT2D eigenvalue weighted by molar-refractivity contribution is 0.841. The van der Waals surface area contributed by atoms with Crippen LogP contribution in [-0.2, 0) is 0 Å². The number of thioether (sulfide) groups is 1. The number of anilines is 3. The zero-order chi connectivity index (χ0) is 19.1. The van der Waals surface area contributed by atoms with Gasteiger partial charge >= 0.3 is 0 Å². The number of aromatic nitrogens is 4. The van der Waals surface area contributed by atoms with Crippen molar-refractivity contribution in [1.29, 1.82) is 0 Å². The summed E-state index contributed by atoms with van der Waals surface area (Å²) in [5.74, 6) is 3.98. The molecule has 1 aliphatic heterocycles. The van der Waals surface area contributed by atoms with E-state index in [0.717, 1.165) is 58.3 Å². The Kier molecular flexibility index (Phi) is 4.49. The van der Waals surface area contributed by atoms with E-state index in [1.807, 2.05) is 47.4 Å². The van der Waals surface area contributed by atoms with Gasteiger partial charge in [0.15, 0.2) is 11.5 Å². The van der Waals surface area contributed by atoms with Gasteiger partial charge in [-0.25, -0.2) is 15.0 Å². The predicted molar refractivity (Wildman–Crippen MR) is 117 cm³/mol. The maximum Gasteiger partial charge on any atom is 0.166 e. The summed E-state index contributed by atoms with van der Waals surface area (Å²) >= 11 is 8.39. The molecular formula is C20H19ClN6S. The number of halogens is 1. The summed E-state index contributed by atoms with van der Waals surface area (Å²) in [5, 5.41) is 4.06. The molecule has 4 heterocycles. The second kappa shape index (κ2) is 7.14. The van der Waals surface area contributed by atoms with Gasteiger partial charge in [-0.2, -0.15) is 11.8 Å². The Labute approximate surface area is 172 Å². The van der Waals surface area contributed by atoms with E-state index in [0.29, 0.717) is 10.8 Å². The largest absolute Gasteiger partial charge is 0.355 e. The van der Waals surface area contributed by atoms with Crippen molar-refractivity contribution in [1.82, 2.24) is 19.4 Å². The monoisotopic (exact) mass is 410 g/mol. The molecule has 6 nitrogen and oxygen atoms in total. The van der Waals surface area contributed by atoms with Crippen molar-refractivity contribution in [2.24, 2.45) is 0 Å². The van der Waals surface area contributed by atoms with Crippen LogP contribution in [0.15, 0.2) is 42.9 Å². The van der Waals surface area contributed by atoms with Gasteiger partial charge in [0, 0.05) is 24.6 Å². The van der Waals surface area contributed by atoms with Crippen LogP contribution in [0.3, 0.4) is 0 Å². The molecule has 8 heteroatoms. The number of pyridine rings is 1. The van der Waals surface area contributed by atoms with Gasteiger partial charge in [-0.3, -0.25) is 4.40 Å². The zero-order valence-electron chi connectivity index (χ0n) is 15.4. The predicted octanol–water partition coefficient (Wildman–Crippen LogP) is 4.54. The number of hydrogen-bond donors (Lipinski definition) is 1. The molecule has 0 amide bonds. The average Bonchev–Trinajstić information content (AvgIpc) is 3.22. The SMILES string of the molecule is Cc1cccc(Cl)c1Nc1nc2ccc(N3CCSCC3)nc2n2cncc12. The van der Waals surface area contributed by atoms with Crippen LogP contribution < -0.4 is 10.2 Å². The molecule has 0 saturated carbocycles. The van der Waals surface area contributed by atoms with Gasteiger partial charge in [0.2, 0.25) is 0 Å². The van der Waals surface area contributed by atoms with E-state index in [-0.39, 0.29) is 0 Å². The molecular weight excluding hydrogens is 392 g/mol. The highest BCUT2D eigenvalue weighted by Crippen LogP contribution is 2.31. The van der Waals surface area contributed by atoms with Gasteiger partial charge in [-0.15, -0.1) is 0 Å². The van der Waals surface area contributed by atoms with Crippen molar-refractivity contribution in [3.63, 3.8) is 0 Å². The van der Waals surface area contributed by atoms with Gasteiger partial charge in [0.25, 0.3) is 0 Å². The first-order valence-corrected chi connectivity index (χ1v) is 10.7. The Morgan fingerprint density at radius 2 is 1.96 bits per heavy atom. The fraction of sp³-hybridized carbons (Fsp3) is 0.250. The average molecular weight is 411 g/mol. The number of nitrogens with one attached hydrogen (secondary N) is 1. The number of imidazole rings is 1. The number of benzene rings is 1. The molecule has 0 bridgehead atoms. The Morgan fingerprint density at radius 3 is 2.79 bits per heavy atom. The number of aryl methyl sites for hydroxylation is 1. The van der Waals surface area contributed by atoms with Crippen LogP contribution in [0.25, 0.3) is 16.7 Å². The van der Waals surface area contributed by atoms with Gasteiger partial charge in [-0.05, 0) is 30.7 Å². The number of rotatable bonds is 3. The van der Waals surface area contributed by atoms with Gasteiger partial charge in [-0.1, -0.05) is 23.7 Å². The molecule has 1 fully saturated rings. The first-order chi connectivity index (χ1) is 13.7. The summed E-state index contributed by atoms with van der Waals surface area (Å²) in [5.41, 5.74) is 4.40. The van der Waals surface area contributed by atoms with Crippen LogP contribution in [0.1, 0.15) is 5.56 Å². The van der Waals surface area contributed by atoms with E-state index in [1.54, 1.807) is 12.5 Å². The lowest BCUT2D eigenvalue weighted by Gasteiger charge is -2.27. The minimum absolute atomic E-state index is 0.663. The van der Waals surface area contributed by atoms with E-state index >= 15 is 0 Å². The summed E-state index contributed by atoms with van der Waals surface area (Å²) in [6.45, 7) is 4.07. The van der Waals surface area contributed by atoms with Crippen LogP contribution in [0.4, 0.5) is 17.3 Å². The van der Waals surface area contributed by atoms with Crippen LogP contribution in [-0.4, -0.2) is 43.9 Å². The van der Waals surface area contributed by atoms with Crippen LogP contribution in [0.2, 0.25) is 5.02 Å². The molecule has 1 saturated heterocycles. The first kappa shape index (κ1) is 17.6. The molecule has 1 aliphatic rings. The van der Waals surface area contributed by atoms with Crippen LogP contribution in [0, 0.1) is 6.92 Å². The molecule has 0 spiro atoms. The second-order valence-electron chi connectivity index (χ2n) is 6.78. The molecule has 1 N–H and O–H groups in total. The fourth-order valence-corrected chi connectivity index (χ4v) is 4.65. The van der Waals surface area contributed by atoms with E-state index in [1.165, 1.54) is 0 Å². The van der Waals surface area contributed by atoms with Gasteiger partial charge in [0.05, 0.1) is 16.9 Å². The summed E-state index contributed by atoms with van der Waals surface area (Å²) in [7, 11) is 0. The third kappa shape index (κ3) is 3.04. The molecule has 142 valence electrons. The standard InChI is InChI=1S/C20H19ClN6S/c1-13-3-2-4-14(21)18(13)25-19-16-11-22-12-27(16)20-15(23-19)5-6-17(24-20)26-7-9-28-10-8-26/h2-6,11-12H,7-10H2,1H3,(H,23,25). The lowest BCUT2D eigenvalue weighted by atomic mass is 10.2. The Hall–Kier alpha value is -2.51. The number of nitrogens with zero attached hydrogens (tertiary/aromatic N) is 5. The quantitative estimate of drug-likeness (QED) is 0.535. The normalized spacial score (nSPS) is 14.7. The van der Waals surface area contributed by atoms with Crippen molar-refractivity contribution in [3.05, 3.63) is 53.4 Å². The van der Waals surface area contributed by atoms with E-state index in [9.17, 15) is 0 Å². The van der Waals surface area contributed by atoms with Crippen molar-refractivity contribution in [2.45, 2.75) is 6.92 Å². The molecule has 4 aromatic rings. The van der Waals surface area contributed by atoms with Crippen LogP contribution >= 0.6 is 23.4 Å². The summed E-state index contributed by atoms with van der Waals surface area (Å²) in [4.78, 5) is 16.4. The second-order valence-corrected chi connectivity index (χ2v) is 8.41. The molecule has 3 aromatic heterocycles. The van der Waals surface area contributed by atoms with Gasteiger partial charge in [0.1, 0.15) is 23.2 Å². The molecule has 0 atom stereocenters. The summed E-state index contributed by atoms with van der Waals surface area (Å²) < 4.78 is 1.99. The highest BCUT2D eigenvalue weighted by molar-refractivity contribution is 7.99. The maximum atomic E-state index is 6.40. The third-order valence-electron chi connectivity index (χ3n) is 4.98. The number of para-hydroxylation sites is 1. The number of hydrogen-bond acceptors (Lipinski definition) is 6. The van der Waals surface area contributed by atoms with Crippen molar-refractivity contribution in [3.8, 4) is 0 Å². The molecule has 0 aliphatic carbocycles. The smallest absolute Gasteiger partial charge is 0.166 e. The fourth-order valence-electron chi connectivity index (χ4n) is 3.48. The highest BCUT2D eigenvalue weighted by atomic mass is 35.5. The van der Waals surface area contributed by atoms with E-state index in [2.05, 4.69) is 21.3 Å². The van der Waals surface area contributed by atoms with Crippen molar-refractivity contribution >= 4 is 57.4 Å². The maximum absolute atomic E-state index is 6.40. The Bertz CT molecular complexity index is 1150. The number of fused-ring (bicyclic) bond motifs is 3. The van der Waals surface area contributed by atoms with Crippen molar-refractivity contribution < 1.29 is 0 Å². The third-order valence-corrected chi connectivity index (χ3v) is 6.24. The van der Waals surface area contributed by atoms with E-state index in [4.69, 9.17) is 21.6 Å². The minimum Gasteiger partial charge on any atom is -0.355 e. The van der Waals surface area contributed by atoms with Crippen molar-refractivity contribution in [2.75, 3.05) is 34.8 Å². The highest BCUT2D eigenvalue weighted by Gasteiger charge is 2.16. The molecule has 0 radical (unpaired) electrons. The molecule has 0 unspecified atom stereocenters. The topological polar surface area (TPSA) is 58.4 Å². The molecule has 5 rings (SSSR count). The zero-order valence-corrected chi connectivity index (χ0v) is 17.0. The summed E-state index contributed by atoms with van der Waals surface area (Å²) in [6, 6.07) is 9.92. The van der Waals surface area contributed by atoms with Crippen LogP contribution in [0.5, 0.6) is 0 Å². The minimum atomic E-state index is 0.663.